The quantitative estimate of drug-likeness (QED) is 0.350. The van der Waals surface area contributed by atoms with Crippen molar-refractivity contribution in [2.45, 2.75) is 54.4 Å². The van der Waals surface area contributed by atoms with E-state index >= 15 is 0 Å². The van der Waals surface area contributed by atoms with E-state index in [1.807, 2.05) is 0 Å². The van der Waals surface area contributed by atoms with Crippen molar-refractivity contribution in [2.75, 3.05) is 0 Å². The smallest absolute Gasteiger partial charge is 0.128 e. The van der Waals surface area contributed by atoms with E-state index in [1.165, 1.54) is 18.2 Å². The maximum Gasteiger partial charge on any atom is 0.128 e. The first-order chi connectivity index (χ1) is 9.65. The van der Waals surface area contributed by atoms with Gasteiger partial charge in [0.1, 0.15) is 35.1 Å². The summed E-state index contributed by atoms with van der Waals surface area (Å²) in [5.41, 5.74) is -6.83. The molecular formula is C15H24O6. The average molecular weight is 300 g/mol. The minimum atomic E-state index is -2.31. The van der Waals surface area contributed by atoms with Crippen molar-refractivity contribution in [1.29, 1.82) is 0 Å². The molecule has 6 heteroatoms. The van der Waals surface area contributed by atoms with Crippen LogP contribution in [0, 0.1) is 0 Å². The lowest BCUT2D eigenvalue weighted by Crippen LogP contribution is -2.81. The van der Waals surface area contributed by atoms with Gasteiger partial charge < -0.3 is 30.6 Å². The van der Waals surface area contributed by atoms with Crippen LogP contribution < -0.4 is 0 Å². The summed E-state index contributed by atoms with van der Waals surface area (Å²) < 4.78 is 0. The molecule has 1 aliphatic rings. The lowest BCUT2D eigenvalue weighted by Gasteiger charge is -2.59. The standard InChI is InChI=1S/C15H24O6/c1-4-7-13(19)10(16)11(17)14(20,8-5-2)15(21,9-6-3)12(13)18/h4-6,10-12,16-21H,1-3,7-9H2/t10-,11-,12-,13+,14-,15-/m1/s1. The summed E-state index contributed by atoms with van der Waals surface area (Å²) in [6.07, 6.45) is -2.84. The second-order valence-corrected chi connectivity index (χ2v) is 5.61. The number of rotatable bonds is 6. The highest BCUT2D eigenvalue weighted by molar-refractivity contribution is 5.24. The molecule has 0 aliphatic heterocycles. The third kappa shape index (κ3) is 2.38. The van der Waals surface area contributed by atoms with Crippen LogP contribution in [0.2, 0.25) is 0 Å². The van der Waals surface area contributed by atoms with Gasteiger partial charge in [0, 0.05) is 0 Å². The van der Waals surface area contributed by atoms with Crippen molar-refractivity contribution in [3.8, 4) is 0 Å². The van der Waals surface area contributed by atoms with Gasteiger partial charge in [-0.05, 0) is 19.3 Å². The van der Waals surface area contributed by atoms with Gasteiger partial charge in [-0.3, -0.25) is 0 Å². The highest BCUT2D eigenvalue weighted by Gasteiger charge is 2.70. The van der Waals surface area contributed by atoms with Crippen LogP contribution >= 0.6 is 0 Å². The number of aliphatic hydroxyl groups excluding tert-OH is 3. The van der Waals surface area contributed by atoms with E-state index in [0.717, 1.165) is 0 Å². The van der Waals surface area contributed by atoms with E-state index in [4.69, 9.17) is 0 Å². The molecule has 21 heavy (non-hydrogen) atoms. The van der Waals surface area contributed by atoms with Crippen LogP contribution in [0.25, 0.3) is 0 Å². The highest BCUT2D eigenvalue weighted by atomic mass is 16.4. The van der Waals surface area contributed by atoms with E-state index < -0.39 is 35.1 Å². The minimum absolute atomic E-state index is 0.282. The Morgan fingerprint density at radius 2 is 1.14 bits per heavy atom. The molecule has 1 fully saturated rings. The third-order valence-electron chi connectivity index (χ3n) is 4.36. The first-order valence-corrected chi connectivity index (χ1v) is 6.69. The van der Waals surface area contributed by atoms with Gasteiger partial charge in [-0.2, -0.15) is 0 Å². The average Bonchev–Trinajstić information content (AvgIpc) is 2.43. The van der Waals surface area contributed by atoms with Gasteiger partial charge in [0.05, 0.1) is 0 Å². The molecule has 0 saturated heterocycles. The molecule has 0 amide bonds. The molecule has 0 aromatic rings. The Bertz CT molecular complexity index is 424. The van der Waals surface area contributed by atoms with Crippen LogP contribution in [-0.2, 0) is 0 Å². The van der Waals surface area contributed by atoms with Crippen molar-refractivity contribution in [2.24, 2.45) is 0 Å². The summed E-state index contributed by atoms with van der Waals surface area (Å²) >= 11 is 0. The fourth-order valence-corrected chi connectivity index (χ4v) is 3.09. The lowest BCUT2D eigenvalue weighted by atomic mass is 9.58. The molecule has 0 aromatic carbocycles. The van der Waals surface area contributed by atoms with Gasteiger partial charge >= 0.3 is 0 Å². The molecule has 6 nitrogen and oxygen atoms in total. The molecule has 1 saturated carbocycles. The molecule has 0 unspecified atom stereocenters. The van der Waals surface area contributed by atoms with Gasteiger partial charge in [-0.15, -0.1) is 19.7 Å². The lowest BCUT2D eigenvalue weighted by molar-refractivity contribution is -0.339. The van der Waals surface area contributed by atoms with Crippen molar-refractivity contribution < 1.29 is 30.6 Å². The molecule has 0 aromatic heterocycles. The van der Waals surface area contributed by atoms with Gasteiger partial charge in [0.15, 0.2) is 0 Å². The zero-order chi connectivity index (χ0) is 16.5. The molecule has 0 bridgehead atoms. The Morgan fingerprint density at radius 3 is 1.57 bits per heavy atom. The Balaban J connectivity index is 3.48. The molecule has 1 rings (SSSR count). The molecular weight excluding hydrogens is 276 g/mol. The summed E-state index contributed by atoms with van der Waals surface area (Å²) in [4.78, 5) is 0. The van der Waals surface area contributed by atoms with Crippen LogP contribution in [0.3, 0.4) is 0 Å². The summed E-state index contributed by atoms with van der Waals surface area (Å²) in [6.45, 7) is 10.3. The predicted octanol–water partition coefficient (Wildman–Crippen LogP) is -0.996. The maximum absolute atomic E-state index is 10.8. The topological polar surface area (TPSA) is 121 Å². The van der Waals surface area contributed by atoms with Crippen molar-refractivity contribution >= 4 is 0 Å². The van der Waals surface area contributed by atoms with E-state index in [-0.39, 0.29) is 19.3 Å². The number of aliphatic hydroxyl groups is 6. The molecule has 120 valence electrons. The highest BCUT2D eigenvalue weighted by Crippen LogP contribution is 2.48. The second-order valence-electron chi connectivity index (χ2n) is 5.61. The van der Waals surface area contributed by atoms with Crippen LogP contribution in [0.15, 0.2) is 38.0 Å². The summed E-state index contributed by atoms with van der Waals surface area (Å²) in [6, 6.07) is 0. The van der Waals surface area contributed by atoms with E-state index in [2.05, 4.69) is 19.7 Å². The zero-order valence-corrected chi connectivity index (χ0v) is 11.9. The summed E-state index contributed by atoms with van der Waals surface area (Å²) in [5, 5.41) is 62.6. The molecule has 0 radical (unpaired) electrons. The predicted molar refractivity (Wildman–Crippen MR) is 77.3 cm³/mol. The molecule has 0 heterocycles. The minimum Gasteiger partial charge on any atom is -0.387 e. The van der Waals surface area contributed by atoms with E-state index in [9.17, 15) is 30.6 Å². The summed E-state index contributed by atoms with van der Waals surface area (Å²) in [5.74, 6) is 0. The van der Waals surface area contributed by atoms with Crippen molar-refractivity contribution in [3.63, 3.8) is 0 Å². The second kappa shape index (κ2) is 6.00. The van der Waals surface area contributed by atoms with Gasteiger partial charge in [0.2, 0.25) is 0 Å². The molecule has 0 spiro atoms. The monoisotopic (exact) mass is 300 g/mol. The van der Waals surface area contributed by atoms with Crippen molar-refractivity contribution in [1.82, 2.24) is 0 Å². The fourth-order valence-electron chi connectivity index (χ4n) is 3.09. The molecule has 1 aliphatic carbocycles. The van der Waals surface area contributed by atoms with Crippen LogP contribution in [0.5, 0.6) is 0 Å². The Hall–Kier alpha value is -1.02. The Morgan fingerprint density at radius 1 is 0.714 bits per heavy atom. The SMILES string of the molecule is C=CC[C@]1(O)[C@H](O)[C@@H](O)[C@](O)(CC=C)[C@@](O)(CC=C)[C@@H]1O. The van der Waals surface area contributed by atoms with Gasteiger partial charge in [0.25, 0.3) is 0 Å². The molecule has 6 N–H and O–H groups in total. The van der Waals surface area contributed by atoms with Crippen LogP contribution in [0.1, 0.15) is 19.3 Å². The largest absolute Gasteiger partial charge is 0.387 e. The van der Waals surface area contributed by atoms with Crippen LogP contribution in [-0.4, -0.2) is 65.8 Å². The normalized spacial score (nSPS) is 46.9. The third-order valence-corrected chi connectivity index (χ3v) is 4.36. The van der Waals surface area contributed by atoms with E-state index in [1.54, 1.807) is 0 Å². The number of hydrogen-bond acceptors (Lipinski definition) is 6. The maximum atomic E-state index is 10.8. The van der Waals surface area contributed by atoms with Crippen LogP contribution in [0.4, 0.5) is 0 Å². The Kier molecular flexibility index (Phi) is 5.15. The summed E-state index contributed by atoms with van der Waals surface area (Å²) in [7, 11) is 0. The van der Waals surface area contributed by atoms with Gasteiger partial charge in [-0.1, -0.05) is 18.2 Å². The number of hydrogen-bond donors (Lipinski definition) is 6. The first kappa shape index (κ1) is 18.0. The van der Waals surface area contributed by atoms with Crippen molar-refractivity contribution in [3.05, 3.63) is 38.0 Å². The first-order valence-electron chi connectivity index (χ1n) is 6.69. The zero-order valence-electron chi connectivity index (χ0n) is 11.9. The van der Waals surface area contributed by atoms with Gasteiger partial charge in [-0.25, -0.2) is 0 Å². The Labute approximate surface area is 124 Å². The van der Waals surface area contributed by atoms with E-state index in [0.29, 0.717) is 0 Å². The fraction of sp³-hybridized carbons (Fsp3) is 0.600. The molecule has 6 atom stereocenters.